The van der Waals surface area contributed by atoms with Crippen molar-refractivity contribution >= 4 is 34.0 Å². The standard InChI is InChI=1S/C33H32FN3O3S/c1-3-36(27-9-6-8-23(2)20-27)19-7-18-35-32(38)25-14-17-31-29(21-25)37(22-24-12-15-26(34)16-13-24)33(39)28-10-4-5-11-30(28)41(31)40/h4-6,8-17,20-21H,3,7,18-19,22H2,1-2H3,(H,35,38)/t41-/m0/s1. The summed E-state index contributed by atoms with van der Waals surface area (Å²) in [5.74, 6) is -0.971. The van der Waals surface area contributed by atoms with Gasteiger partial charge < -0.3 is 15.1 Å². The van der Waals surface area contributed by atoms with Gasteiger partial charge in [0.1, 0.15) is 5.82 Å². The van der Waals surface area contributed by atoms with Crippen LogP contribution in [-0.4, -0.2) is 35.7 Å². The van der Waals surface area contributed by atoms with E-state index in [0.29, 0.717) is 38.7 Å². The van der Waals surface area contributed by atoms with Crippen LogP contribution >= 0.6 is 0 Å². The predicted octanol–water partition coefficient (Wildman–Crippen LogP) is 6.11. The van der Waals surface area contributed by atoms with Crippen molar-refractivity contribution in [3.8, 4) is 0 Å². The molecule has 0 spiro atoms. The van der Waals surface area contributed by atoms with Crippen LogP contribution in [0.1, 0.15) is 45.2 Å². The topological polar surface area (TPSA) is 69.7 Å². The molecule has 0 unspecified atom stereocenters. The van der Waals surface area contributed by atoms with Gasteiger partial charge in [-0.3, -0.25) is 9.59 Å². The molecule has 0 saturated heterocycles. The van der Waals surface area contributed by atoms with Crippen molar-refractivity contribution in [2.75, 3.05) is 29.4 Å². The van der Waals surface area contributed by atoms with E-state index in [9.17, 15) is 18.2 Å². The number of carbonyl (C=O) groups is 2. The summed E-state index contributed by atoms with van der Waals surface area (Å²) in [6.07, 6.45) is 0.757. The Bertz CT molecular complexity index is 1610. The molecule has 8 heteroatoms. The lowest BCUT2D eigenvalue weighted by molar-refractivity contribution is 0.0949. The molecule has 41 heavy (non-hydrogen) atoms. The van der Waals surface area contributed by atoms with E-state index in [4.69, 9.17) is 0 Å². The number of hydrogen-bond donors (Lipinski definition) is 1. The van der Waals surface area contributed by atoms with Crippen LogP contribution < -0.4 is 15.1 Å². The molecule has 1 aliphatic heterocycles. The van der Waals surface area contributed by atoms with Crippen LogP contribution in [0.5, 0.6) is 0 Å². The van der Waals surface area contributed by atoms with Crippen molar-refractivity contribution in [3.05, 3.63) is 119 Å². The van der Waals surface area contributed by atoms with Crippen molar-refractivity contribution < 1.29 is 18.2 Å². The fourth-order valence-corrected chi connectivity index (χ4v) is 6.35. The van der Waals surface area contributed by atoms with Crippen molar-refractivity contribution in [2.45, 2.75) is 36.6 Å². The summed E-state index contributed by atoms with van der Waals surface area (Å²) in [7, 11) is -1.62. The number of amides is 2. The van der Waals surface area contributed by atoms with Gasteiger partial charge >= 0.3 is 0 Å². The molecular weight excluding hydrogens is 537 g/mol. The van der Waals surface area contributed by atoms with E-state index >= 15 is 0 Å². The molecule has 0 aliphatic carbocycles. The first-order valence-electron chi connectivity index (χ1n) is 13.7. The van der Waals surface area contributed by atoms with Crippen LogP contribution in [0.15, 0.2) is 101 Å². The molecule has 0 radical (unpaired) electrons. The lowest BCUT2D eigenvalue weighted by Crippen LogP contribution is -2.31. The largest absolute Gasteiger partial charge is 0.372 e. The third-order valence-corrected chi connectivity index (χ3v) is 8.67. The molecule has 2 amide bonds. The third-order valence-electron chi connectivity index (χ3n) is 7.17. The normalized spacial score (nSPS) is 14.2. The highest BCUT2D eigenvalue weighted by Gasteiger charge is 2.31. The van der Waals surface area contributed by atoms with E-state index in [1.807, 2.05) is 6.07 Å². The summed E-state index contributed by atoms with van der Waals surface area (Å²) < 4.78 is 27.2. The van der Waals surface area contributed by atoms with Crippen LogP contribution in [0.3, 0.4) is 0 Å². The van der Waals surface area contributed by atoms with Gasteiger partial charge in [-0.05, 0) is 86.0 Å². The van der Waals surface area contributed by atoms with E-state index in [1.165, 1.54) is 22.6 Å². The number of rotatable bonds is 9. The third kappa shape index (κ3) is 6.23. The SMILES string of the molecule is CCN(CCCNC(=O)c1ccc2c(c1)N(Cc1ccc(F)cc1)C(=O)c1ccccc1[S@@]2=O)c1cccc(C)c1. The molecular formula is C33H32FN3O3S. The Hall–Kier alpha value is -4.30. The first-order valence-corrected chi connectivity index (χ1v) is 14.8. The molecule has 0 fully saturated rings. The Morgan fingerprint density at radius 3 is 2.49 bits per heavy atom. The average molecular weight is 570 g/mol. The van der Waals surface area contributed by atoms with E-state index in [1.54, 1.807) is 54.6 Å². The highest BCUT2D eigenvalue weighted by atomic mass is 32.2. The van der Waals surface area contributed by atoms with Gasteiger partial charge in [0.25, 0.3) is 11.8 Å². The van der Waals surface area contributed by atoms with E-state index < -0.39 is 10.8 Å². The summed E-state index contributed by atoms with van der Waals surface area (Å²) in [6, 6.07) is 26.0. The molecule has 0 saturated carbocycles. The average Bonchev–Trinajstić information content (AvgIpc) is 3.07. The van der Waals surface area contributed by atoms with Crippen LogP contribution in [0.2, 0.25) is 0 Å². The maximum atomic E-state index is 13.8. The lowest BCUT2D eigenvalue weighted by atomic mass is 10.1. The second-order valence-electron chi connectivity index (χ2n) is 9.99. The minimum Gasteiger partial charge on any atom is -0.372 e. The number of aryl methyl sites for hydroxylation is 1. The molecule has 5 rings (SSSR count). The maximum Gasteiger partial charge on any atom is 0.259 e. The van der Waals surface area contributed by atoms with E-state index in [2.05, 4.69) is 42.3 Å². The molecule has 1 N–H and O–H groups in total. The minimum atomic E-state index is -1.62. The minimum absolute atomic E-state index is 0.133. The summed E-state index contributed by atoms with van der Waals surface area (Å²) in [6.45, 7) is 6.45. The monoisotopic (exact) mass is 569 g/mol. The number of benzene rings is 4. The maximum absolute atomic E-state index is 13.8. The first kappa shape index (κ1) is 28.2. The quantitative estimate of drug-likeness (QED) is 0.247. The number of hydrogen-bond acceptors (Lipinski definition) is 4. The molecule has 1 heterocycles. The molecule has 0 bridgehead atoms. The number of halogens is 1. The van der Waals surface area contributed by atoms with Gasteiger partial charge in [-0.1, -0.05) is 36.4 Å². The Kier molecular flexibility index (Phi) is 8.59. The highest BCUT2D eigenvalue weighted by molar-refractivity contribution is 7.85. The highest BCUT2D eigenvalue weighted by Crippen LogP contribution is 2.36. The predicted molar refractivity (Wildman–Crippen MR) is 160 cm³/mol. The van der Waals surface area contributed by atoms with Gasteiger partial charge in [-0.15, -0.1) is 0 Å². The smallest absolute Gasteiger partial charge is 0.259 e. The number of nitrogens with zero attached hydrogens (tertiary/aromatic N) is 2. The van der Waals surface area contributed by atoms with Gasteiger partial charge in [0.15, 0.2) is 0 Å². The zero-order chi connectivity index (χ0) is 28.9. The lowest BCUT2D eigenvalue weighted by Gasteiger charge is -2.24. The van der Waals surface area contributed by atoms with Gasteiger partial charge in [0.2, 0.25) is 0 Å². The number of nitrogens with one attached hydrogen (secondary N) is 1. The van der Waals surface area contributed by atoms with Crippen molar-refractivity contribution in [1.82, 2.24) is 5.32 Å². The Morgan fingerprint density at radius 1 is 0.951 bits per heavy atom. The second-order valence-corrected chi connectivity index (χ2v) is 11.4. The van der Waals surface area contributed by atoms with E-state index in [-0.39, 0.29) is 24.2 Å². The summed E-state index contributed by atoms with van der Waals surface area (Å²) >= 11 is 0. The van der Waals surface area contributed by atoms with Crippen molar-refractivity contribution in [3.63, 3.8) is 0 Å². The van der Waals surface area contributed by atoms with E-state index in [0.717, 1.165) is 25.2 Å². The number of fused-ring (bicyclic) bond motifs is 2. The van der Waals surface area contributed by atoms with Crippen molar-refractivity contribution in [2.24, 2.45) is 0 Å². The van der Waals surface area contributed by atoms with Gasteiger partial charge in [0.05, 0.1) is 38.4 Å². The first-order chi connectivity index (χ1) is 19.9. The fourth-order valence-electron chi connectivity index (χ4n) is 5.00. The number of anilines is 2. The molecule has 4 aromatic rings. The second kappa shape index (κ2) is 12.5. The summed E-state index contributed by atoms with van der Waals surface area (Å²) in [5.41, 5.74) is 4.18. The molecule has 1 aliphatic rings. The Labute approximate surface area is 242 Å². The zero-order valence-electron chi connectivity index (χ0n) is 23.1. The Balaban J connectivity index is 1.36. The van der Waals surface area contributed by atoms with Crippen LogP contribution in [-0.2, 0) is 17.3 Å². The van der Waals surface area contributed by atoms with Gasteiger partial charge in [-0.2, -0.15) is 0 Å². The van der Waals surface area contributed by atoms with Crippen LogP contribution in [0, 0.1) is 12.7 Å². The summed E-state index contributed by atoms with van der Waals surface area (Å²) in [4.78, 5) is 31.6. The Morgan fingerprint density at radius 2 is 1.73 bits per heavy atom. The van der Waals surface area contributed by atoms with Crippen molar-refractivity contribution in [1.29, 1.82) is 0 Å². The zero-order valence-corrected chi connectivity index (χ0v) is 23.9. The molecule has 1 atom stereocenters. The molecule has 210 valence electrons. The van der Waals surface area contributed by atoms with Gasteiger partial charge in [-0.25, -0.2) is 8.60 Å². The molecule has 6 nitrogen and oxygen atoms in total. The summed E-state index contributed by atoms with van der Waals surface area (Å²) in [5, 5.41) is 2.99. The van der Waals surface area contributed by atoms with Crippen LogP contribution in [0.4, 0.5) is 15.8 Å². The van der Waals surface area contributed by atoms with Gasteiger partial charge in [0, 0.05) is 30.9 Å². The fraction of sp³-hybridized carbons (Fsp3) is 0.212. The molecule has 4 aromatic carbocycles. The number of carbonyl (C=O) groups excluding carboxylic acids is 2. The molecule has 0 aromatic heterocycles. The van der Waals surface area contributed by atoms with Crippen LogP contribution in [0.25, 0.3) is 0 Å².